The number of hydrogen-bond acceptors (Lipinski definition) is 3. The highest BCUT2D eigenvalue weighted by Gasteiger charge is 2.19. The van der Waals surface area contributed by atoms with Crippen LogP contribution in [0.25, 0.3) is 0 Å². The van der Waals surface area contributed by atoms with Gasteiger partial charge in [0.15, 0.2) is 0 Å². The molecule has 4 heteroatoms. The van der Waals surface area contributed by atoms with Crippen molar-refractivity contribution in [3.63, 3.8) is 0 Å². The molecule has 1 heterocycles. The lowest BCUT2D eigenvalue weighted by atomic mass is 10.1. The molecule has 132 valence electrons. The maximum Gasteiger partial charge on any atom is 0.257 e. The molecule has 0 aromatic heterocycles. The summed E-state index contributed by atoms with van der Waals surface area (Å²) in [6.07, 6.45) is 4.64. The smallest absolute Gasteiger partial charge is 0.257 e. The van der Waals surface area contributed by atoms with Crippen molar-refractivity contribution in [2.24, 2.45) is 0 Å². The fraction of sp³-hybridized carbons (Fsp3) is 0.381. The van der Waals surface area contributed by atoms with Crippen molar-refractivity contribution in [3.05, 3.63) is 60.2 Å². The lowest BCUT2D eigenvalue weighted by Crippen LogP contribution is -2.28. The van der Waals surface area contributed by atoms with Gasteiger partial charge in [0.2, 0.25) is 0 Å². The average Bonchev–Trinajstić information content (AvgIpc) is 3.16. The topological polar surface area (TPSA) is 38.8 Å². The van der Waals surface area contributed by atoms with Gasteiger partial charge in [0.05, 0.1) is 11.7 Å². The molecule has 0 unspecified atom stereocenters. The Bertz CT molecular complexity index is 681. The quantitative estimate of drug-likeness (QED) is 0.745. The Morgan fingerprint density at radius 1 is 1.16 bits per heavy atom. The van der Waals surface area contributed by atoms with Crippen molar-refractivity contribution >= 4 is 5.91 Å². The zero-order valence-electron chi connectivity index (χ0n) is 14.7. The highest BCUT2D eigenvalue weighted by molar-refractivity contribution is 5.96. The van der Waals surface area contributed by atoms with E-state index < -0.39 is 0 Å². The maximum absolute atomic E-state index is 12.8. The summed E-state index contributed by atoms with van der Waals surface area (Å²) < 4.78 is 11.5. The van der Waals surface area contributed by atoms with Crippen LogP contribution < -0.4 is 4.74 Å². The van der Waals surface area contributed by atoms with E-state index in [1.54, 1.807) is 4.90 Å². The fourth-order valence-electron chi connectivity index (χ4n) is 3.08. The van der Waals surface area contributed by atoms with Gasteiger partial charge in [-0.2, -0.15) is 0 Å². The number of amides is 1. The van der Waals surface area contributed by atoms with E-state index in [4.69, 9.17) is 9.47 Å². The zero-order chi connectivity index (χ0) is 17.5. The minimum Gasteiger partial charge on any atom is -0.457 e. The number of benzene rings is 2. The zero-order valence-corrected chi connectivity index (χ0v) is 14.7. The summed E-state index contributed by atoms with van der Waals surface area (Å²) in [5.41, 5.74) is 0.589. The van der Waals surface area contributed by atoms with Gasteiger partial charge in [-0.15, -0.1) is 0 Å². The third kappa shape index (κ3) is 4.83. The third-order valence-corrected chi connectivity index (χ3v) is 4.48. The minimum absolute atomic E-state index is 0.0149. The highest BCUT2D eigenvalue weighted by Crippen LogP contribution is 2.26. The molecule has 0 saturated carbocycles. The molecule has 0 aliphatic carbocycles. The van der Waals surface area contributed by atoms with Gasteiger partial charge in [-0.05, 0) is 49.9 Å². The molecule has 3 rings (SSSR count). The van der Waals surface area contributed by atoms with Crippen LogP contribution in [-0.2, 0) is 4.74 Å². The summed E-state index contributed by atoms with van der Waals surface area (Å²) in [6.45, 7) is 1.60. The first-order valence-corrected chi connectivity index (χ1v) is 8.93. The van der Waals surface area contributed by atoms with E-state index in [0.717, 1.165) is 44.6 Å². The molecule has 0 spiro atoms. The molecule has 1 aliphatic heterocycles. The number of nitrogens with zero attached hydrogens (tertiary/aromatic N) is 1. The van der Waals surface area contributed by atoms with Gasteiger partial charge < -0.3 is 14.4 Å². The molecule has 2 aromatic rings. The Balaban J connectivity index is 1.60. The van der Waals surface area contributed by atoms with Gasteiger partial charge in [-0.1, -0.05) is 30.3 Å². The van der Waals surface area contributed by atoms with E-state index in [1.807, 2.05) is 61.6 Å². The van der Waals surface area contributed by atoms with Crippen molar-refractivity contribution < 1.29 is 14.3 Å². The van der Waals surface area contributed by atoms with Gasteiger partial charge in [0.1, 0.15) is 11.5 Å². The van der Waals surface area contributed by atoms with Gasteiger partial charge in [0, 0.05) is 20.2 Å². The lowest BCUT2D eigenvalue weighted by Gasteiger charge is -2.20. The molecule has 1 amide bonds. The minimum atomic E-state index is -0.0149. The number of carbonyl (C=O) groups excluding carboxylic acids is 1. The number of rotatable bonds is 7. The second kappa shape index (κ2) is 8.67. The van der Waals surface area contributed by atoms with Crippen LogP contribution in [-0.4, -0.2) is 37.1 Å². The van der Waals surface area contributed by atoms with E-state index in [2.05, 4.69) is 0 Å². The number of hydrogen-bond donors (Lipinski definition) is 0. The standard InChI is InChI=1S/C21H25NO3/c1-22(15-7-11-17-12-8-16-24-17)21(23)19-13-5-6-14-20(19)25-18-9-3-2-4-10-18/h2-6,9-10,13-14,17H,7-8,11-12,15-16H2,1H3/t17-/m0/s1. The summed E-state index contributed by atoms with van der Waals surface area (Å²) in [7, 11) is 1.84. The predicted molar refractivity (Wildman–Crippen MR) is 98.1 cm³/mol. The van der Waals surface area contributed by atoms with Crippen LogP contribution in [0.5, 0.6) is 11.5 Å². The summed E-state index contributed by atoms with van der Waals surface area (Å²) in [5.74, 6) is 1.30. The Hall–Kier alpha value is -2.33. The summed E-state index contributed by atoms with van der Waals surface area (Å²) in [6, 6.07) is 16.9. The monoisotopic (exact) mass is 339 g/mol. The number of ether oxygens (including phenoxy) is 2. The summed E-state index contributed by atoms with van der Waals surface area (Å²) in [4.78, 5) is 14.6. The molecular weight excluding hydrogens is 314 g/mol. The molecule has 0 bridgehead atoms. The van der Waals surface area contributed by atoms with Crippen LogP contribution in [0, 0.1) is 0 Å². The van der Waals surface area contributed by atoms with Crippen LogP contribution in [0.15, 0.2) is 54.6 Å². The van der Waals surface area contributed by atoms with Gasteiger partial charge in [0.25, 0.3) is 5.91 Å². The molecule has 1 atom stereocenters. The van der Waals surface area contributed by atoms with Crippen molar-refractivity contribution in [1.29, 1.82) is 0 Å². The largest absolute Gasteiger partial charge is 0.457 e. The first-order valence-electron chi connectivity index (χ1n) is 8.93. The first kappa shape index (κ1) is 17.5. The number of para-hydroxylation sites is 2. The molecule has 4 nitrogen and oxygen atoms in total. The highest BCUT2D eigenvalue weighted by atomic mass is 16.5. The van der Waals surface area contributed by atoms with E-state index >= 15 is 0 Å². The van der Waals surface area contributed by atoms with Crippen molar-refractivity contribution in [2.45, 2.75) is 31.8 Å². The Kier molecular flexibility index (Phi) is 6.07. The number of carbonyl (C=O) groups is 1. The van der Waals surface area contributed by atoms with Crippen molar-refractivity contribution in [3.8, 4) is 11.5 Å². The van der Waals surface area contributed by atoms with Crippen LogP contribution in [0.2, 0.25) is 0 Å². The van der Waals surface area contributed by atoms with E-state index in [0.29, 0.717) is 17.4 Å². The molecule has 25 heavy (non-hydrogen) atoms. The second-order valence-corrected chi connectivity index (χ2v) is 6.42. The Labute approximate surface area is 149 Å². The van der Waals surface area contributed by atoms with E-state index in [-0.39, 0.29) is 5.91 Å². The Morgan fingerprint density at radius 2 is 1.92 bits per heavy atom. The molecule has 1 aliphatic rings. The average molecular weight is 339 g/mol. The van der Waals surface area contributed by atoms with Crippen LogP contribution in [0.3, 0.4) is 0 Å². The maximum atomic E-state index is 12.8. The molecule has 1 saturated heterocycles. The summed E-state index contributed by atoms with van der Waals surface area (Å²) >= 11 is 0. The third-order valence-electron chi connectivity index (χ3n) is 4.48. The van der Waals surface area contributed by atoms with Crippen LogP contribution in [0.4, 0.5) is 0 Å². The van der Waals surface area contributed by atoms with Crippen LogP contribution >= 0.6 is 0 Å². The molecular formula is C21H25NO3. The molecule has 2 aromatic carbocycles. The van der Waals surface area contributed by atoms with Crippen LogP contribution in [0.1, 0.15) is 36.0 Å². The van der Waals surface area contributed by atoms with Crippen molar-refractivity contribution in [1.82, 2.24) is 4.90 Å². The molecule has 0 radical (unpaired) electrons. The SMILES string of the molecule is CN(CCC[C@H]1CCCO1)C(=O)c1ccccc1Oc1ccccc1. The lowest BCUT2D eigenvalue weighted by molar-refractivity contribution is 0.0761. The van der Waals surface area contributed by atoms with E-state index in [1.165, 1.54) is 0 Å². The van der Waals surface area contributed by atoms with Gasteiger partial charge >= 0.3 is 0 Å². The first-order chi connectivity index (χ1) is 12.2. The van der Waals surface area contributed by atoms with E-state index in [9.17, 15) is 4.79 Å². The molecule has 0 N–H and O–H groups in total. The Morgan fingerprint density at radius 3 is 2.68 bits per heavy atom. The van der Waals surface area contributed by atoms with Gasteiger partial charge in [-0.3, -0.25) is 4.79 Å². The normalized spacial score (nSPS) is 16.6. The van der Waals surface area contributed by atoms with Crippen molar-refractivity contribution in [2.75, 3.05) is 20.2 Å². The predicted octanol–water partition coefficient (Wildman–Crippen LogP) is 4.51. The van der Waals surface area contributed by atoms with Gasteiger partial charge in [-0.25, -0.2) is 0 Å². The summed E-state index contributed by atoms with van der Waals surface area (Å²) in [5, 5.41) is 0. The molecule has 1 fully saturated rings. The second-order valence-electron chi connectivity index (χ2n) is 6.42. The fourth-order valence-corrected chi connectivity index (χ4v) is 3.08.